The van der Waals surface area contributed by atoms with Crippen LogP contribution in [-0.4, -0.2) is 11.9 Å². The number of Topliss-reactive ketones (excluding diaryl/α,β-unsaturated/α-hetero) is 1. The third-order valence-electron chi connectivity index (χ3n) is 3.54. The van der Waals surface area contributed by atoms with Crippen LogP contribution in [0.3, 0.4) is 0 Å². The summed E-state index contributed by atoms with van der Waals surface area (Å²) in [5.74, 6) is 0.319. The van der Waals surface area contributed by atoms with Crippen LogP contribution in [0.1, 0.15) is 59.1 Å². The van der Waals surface area contributed by atoms with Crippen molar-refractivity contribution in [1.29, 1.82) is 0 Å². The number of carbonyl (C=O) groups excluding carboxylic acids is 3. The van der Waals surface area contributed by atoms with Gasteiger partial charge in [-0.25, -0.2) is 0 Å². The van der Waals surface area contributed by atoms with Crippen LogP contribution in [0.15, 0.2) is 18.2 Å². The maximum atomic E-state index is 12.5. The standard InChI is InChI=1S/C17H25IO.CO2/c1-7-12-8-9-13(10-14(12)18)17(5,6)15(19)11-16(2,3)4;2-1-3/h8-10H,7,11H2,1-6H3;. The lowest BCUT2D eigenvalue weighted by Crippen LogP contribution is -2.32. The second kappa shape index (κ2) is 8.59. The van der Waals surface area contributed by atoms with Crippen molar-refractivity contribution in [2.24, 2.45) is 5.41 Å². The summed E-state index contributed by atoms with van der Waals surface area (Å²) in [5, 5.41) is 0. The van der Waals surface area contributed by atoms with Gasteiger partial charge in [0.05, 0.1) is 0 Å². The first kappa shape index (κ1) is 21.0. The topological polar surface area (TPSA) is 51.2 Å². The predicted octanol–water partition coefficient (Wildman–Crippen LogP) is 4.55. The Labute approximate surface area is 147 Å². The number of ketones is 1. The molecule has 0 heterocycles. The molecule has 0 aliphatic rings. The minimum atomic E-state index is -0.403. The highest BCUT2D eigenvalue weighted by Crippen LogP contribution is 2.32. The van der Waals surface area contributed by atoms with Crippen LogP contribution in [0.4, 0.5) is 0 Å². The fraction of sp³-hybridized carbons (Fsp3) is 0.556. The van der Waals surface area contributed by atoms with Crippen LogP contribution in [0.5, 0.6) is 0 Å². The van der Waals surface area contributed by atoms with Gasteiger partial charge in [0.2, 0.25) is 0 Å². The van der Waals surface area contributed by atoms with Crippen molar-refractivity contribution in [1.82, 2.24) is 0 Å². The van der Waals surface area contributed by atoms with E-state index < -0.39 is 5.41 Å². The van der Waals surface area contributed by atoms with E-state index in [9.17, 15) is 4.79 Å². The van der Waals surface area contributed by atoms with Crippen LogP contribution >= 0.6 is 22.6 Å². The molecule has 4 heteroatoms. The van der Waals surface area contributed by atoms with Gasteiger partial charge in [0.25, 0.3) is 0 Å². The molecule has 1 aromatic carbocycles. The minimum absolute atomic E-state index is 0.0465. The Morgan fingerprint density at radius 3 is 2.00 bits per heavy atom. The van der Waals surface area contributed by atoms with Gasteiger partial charge in [-0.1, -0.05) is 39.8 Å². The Hall–Kier alpha value is -1.00. The molecule has 0 saturated heterocycles. The van der Waals surface area contributed by atoms with Crippen molar-refractivity contribution in [2.75, 3.05) is 0 Å². The quantitative estimate of drug-likeness (QED) is 0.677. The molecule has 0 aliphatic heterocycles. The van der Waals surface area contributed by atoms with Gasteiger partial charge in [0, 0.05) is 15.4 Å². The van der Waals surface area contributed by atoms with Gasteiger partial charge in [0.15, 0.2) is 0 Å². The van der Waals surface area contributed by atoms with Crippen molar-refractivity contribution < 1.29 is 14.4 Å². The first-order valence-corrected chi connectivity index (χ1v) is 8.39. The van der Waals surface area contributed by atoms with E-state index in [1.807, 2.05) is 13.8 Å². The fourth-order valence-electron chi connectivity index (χ4n) is 2.09. The maximum absolute atomic E-state index is 12.5. The Morgan fingerprint density at radius 1 is 1.14 bits per heavy atom. The first-order valence-electron chi connectivity index (χ1n) is 7.31. The van der Waals surface area contributed by atoms with E-state index in [1.165, 1.54) is 9.13 Å². The second-order valence-electron chi connectivity index (χ2n) is 7.03. The molecule has 0 spiro atoms. The van der Waals surface area contributed by atoms with Crippen LogP contribution < -0.4 is 0 Å². The fourth-order valence-corrected chi connectivity index (χ4v) is 2.98. The van der Waals surface area contributed by atoms with Gasteiger partial charge in [-0.15, -0.1) is 0 Å². The van der Waals surface area contributed by atoms with Gasteiger partial charge in [-0.05, 0) is 65.5 Å². The smallest absolute Gasteiger partial charge is 0.299 e. The van der Waals surface area contributed by atoms with E-state index in [0.29, 0.717) is 12.2 Å². The van der Waals surface area contributed by atoms with E-state index >= 15 is 0 Å². The minimum Gasteiger partial charge on any atom is -0.299 e. The number of aryl methyl sites for hydroxylation is 1. The van der Waals surface area contributed by atoms with Gasteiger partial charge in [-0.3, -0.25) is 4.79 Å². The number of hydrogen-bond acceptors (Lipinski definition) is 3. The molecule has 122 valence electrons. The lowest BCUT2D eigenvalue weighted by Gasteiger charge is -2.28. The highest BCUT2D eigenvalue weighted by Gasteiger charge is 2.32. The van der Waals surface area contributed by atoms with Gasteiger partial charge in [0.1, 0.15) is 5.78 Å². The molecule has 0 N–H and O–H groups in total. The lowest BCUT2D eigenvalue weighted by molar-refractivity contribution is -0.191. The molecular formula is C18H25IO3. The zero-order valence-electron chi connectivity index (χ0n) is 14.2. The summed E-state index contributed by atoms with van der Waals surface area (Å²) in [6, 6.07) is 6.44. The summed E-state index contributed by atoms with van der Waals surface area (Å²) < 4.78 is 1.26. The second-order valence-corrected chi connectivity index (χ2v) is 8.19. The molecule has 0 atom stereocenters. The number of hydrogen-bond donors (Lipinski definition) is 0. The zero-order valence-corrected chi connectivity index (χ0v) is 16.4. The third-order valence-corrected chi connectivity index (χ3v) is 4.55. The van der Waals surface area contributed by atoms with E-state index in [0.717, 1.165) is 12.0 Å². The highest BCUT2D eigenvalue weighted by atomic mass is 127. The molecule has 0 fully saturated rings. The molecule has 3 nitrogen and oxygen atoms in total. The SMILES string of the molecule is CCc1ccc(C(C)(C)C(=O)CC(C)(C)C)cc1I.O=C=O. The molecule has 0 aromatic heterocycles. The molecule has 22 heavy (non-hydrogen) atoms. The Bertz CT molecular complexity index is 548. The average Bonchev–Trinajstić information content (AvgIpc) is 2.37. The molecule has 0 bridgehead atoms. The van der Waals surface area contributed by atoms with Crippen LogP contribution in [0.25, 0.3) is 0 Å². The number of rotatable bonds is 4. The Kier molecular flexibility index (Phi) is 8.19. The van der Waals surface area contributed by atoms with Crippen molar-refractivity contribution in [3.8, 4) is 0 Å². The summed E-state index contributed by atoms with van der Waals surface area (Å²) in [6.07, 6.45) is 1.90. The van der Waals surface area contributed by atoms with Crippen LogP contribution in [0.2, 0.25) is 0 Å². The maximum Gasteiger partial charge on any atom is 0.373 e. The van der Waals surface area contributed by atoms with Crippen molar-refractivity contribution >= 4 is 34.5 Å². The predicted molar refractivity (Wildman–Crippen MR) is 95.6 cm³/mol. The molecule has 0 aliphatic carbocycles. The van der Waals surface area contributed by atoms with E-state index in [4.69, 9.17) is 9.59 Å². The Balaban J connectivity index is 0.00000135. The monoisotopic (exact) mass is 416 g/mol. The largest absolute Gasteiger partial charge is 0.373 e. The van der Waals surface area contributed by atoms with Crippen molar-refractivity contribution in [3.63, 3.8) is 0 Å². The summed E-state index contributed by atoms with van der Waals surface area (Å²) in [4.78, 5) is 28.8. The van der Waals surface area contributed by atoms with Gasteiger partial charge >= 0.3 is 6.15 Å². The number of carbonyl (C=O) groups is 1. The van der Waals surface area contributed by atoms with Crippen molar-refractivity contribution in [3.05, 3.63) is 32.9 Å². The summed E-state index contributed by atoms with van der Waals surface area (Å²) in [6.45, 7) is 12.6. The van der Waals surface area contributed by atoms with Crippen molar-refractivity contribution in [2.45, 2.75) is 59.8 Å². The molecule has 1 aromatic rings. The zero-order chi connectivity index (χ0) is 17.6. The summed E-state index contributed by atoms with van der Waals surface area (Å²) >= 11 is 2.37. The van der Waals surface area contributed by atoms with Crippen LogP contribution in [-0.2, 0) is 26.2 Å². The summed E-state index contributed by atoms with van der Waals surface area (Å²) in [5.41, 5.74) is 2.12. The molecule has 1 rings (SSSR count). The molecule has 0 radical (unpaired) electrons. The van der Waals surface area contributed by atoms with E-state index in [-0.39, 0.29) is 11.6 Å². The van der Waals surface area contributed by atoms with Gasteiger partial charge in [-0.2, -0.15) is 9.59 Å². The molecule has 0 unspecified atom stereocenters. The number of halogens is 1. The first-order chi connectivity index (χ1) is 9.99. The van der Waals surface area contributed by atoms with Gasteiger partial charge < -0.3 is 0 Å². The molecule has 0 saturated carbocycles. The Morgan fingerprint density at radius 2 is 1.64 bits per heavy atom. The third kappa shape index (κ3) is 6.41. The van der Waals surface area contributed by atoms with E-state index in [2.05, 4.69) is 68.5 Å². The van der Waals surface area contributed by atoms with E-state index in [1.54, 1.807) is 0 Å². The van der Waals surface area contributed by atoms with Crippen LogP contribution in [0, 0.1) is 8.99 Å². The highest BCUT2D eigenvalue weighted by molar-refractivity contribution is 14.1. The molecule has 0 amide bonds. The number of benzene rings is 1. The lowest BCUT2D eigenvalue weighted by atomic mass is 9.74. The molecular weight excluding hydrogens is 391 g/mol. The normalized spacial score (nSPS) is 11.2. The summed E-state index contributed by atoms with van der Waals surface area (Å²) in [7, 11) is 0. The average molecular weight is 416 g/mol.